The average molecular weight is 236 g/mol. The monoisotopic (exact) mass is 236 g/mol. The molecule has 0 heterocycles. The van der Waals surface area contributed by atoms with Gasteiger partial charge in [0.1, 0.15) is 12.2 Å². The molecule has 8 atom stereocenters. The van der Waals surface area contributed by atoms with E-state index in [1.807, 2.05) is 0 Å². The number of ether oxygens (including phenoxy) is 2. The van der Waals surface area contributed by atoms with Crippen LogP contribution in [0.2, 0.25) is 0 Å². The molecule has 4 rings (SSSR count). The number of hydrogen-bond acceptors (Lipinski definition) is 4. The third-order valence-electron chi connectivity index (χ3n) is 5.73. The molecule has 4 nitrogen and oxygen atoms in total. The maximum absolute atomic E-state index is 11.2. The summed E-state index contributed by atoms with van der Waals surface area (Å²) in [6, 6.07) is 0. The Morgan fingerprint density at radius 3 is 2.47 bits per heavy atom. The second-order valence-corrected chi connectivity index (χ2v) is 6.05. The number of carbonyl (C=O) groups excluding carboxylic acids is 2. The minimum Gasteiger partial charge on any atom is -0.464 e. The fourth-order valence-corrected chi connectivity index (χ4v) is 5.54. The van der Waals surface area contributed by atoms with E-state index in [9.17, 15) is 9.59 Å². The second kappa shape index (κ2) is 3.03. The van der Waals surface area contributed by atoms with Crippen molar-refractivity contribution in [3.8, 4) is 0 Å². The van der Waals surface area contributed by atoms with Crippen molar-refractivity contribution in [2.45, 2.75) is 32.0 Å². The van der Waals surface area contributed by atoms with Crippen molar-refractivity contribution in [1.82, 2.24) is 0 Å². The number of carbonyl (C=O) groups is 2. The molecule has 4 heteroatoms. The van der Waals surface area contributed by atoms with Gasteiger partial charge in [0.05, 0.1) is 0 Å². The van der Waals surface area contributed by atoms with Gasteiger partial charge in [-0.05, 0) is 30.6 Å². The van der Waals surface area contributed by atoms with E-state index in [1.54, 1.807) is 0 Å². The lowest BCUT2D eigenvalue weighted by Gasteiger charge is -2.48. The molecule has 0 amide bonds. The second-order valence-electron chi connectivity index (χ2n) is 6.05. The molecular formula is C13H16O4. The molecule has 4 aliphatic rings. The predicted molar refractivity (Wildman–Crippen MR) is 56.7 cm³/mol. The van der Waals surface area contributed by atoms with Gasteiger partial charge in [-0.3, -0.25) is 9.59 Å². The third kappa shape index (κ3) is 1.00. The van der Waals surface area contributed by atoms with E-state index in [4.69, 9.17) is 9.47 Å². The number of esters is 1. The van der Waals surface area contributed by atoms with Crippen LogP contribution in [0.1, 0.15) is 19.8 Å². The van der Waals surface area contributed by atoms with Gasteiger partial charge in [-0.15, -0.1) is 0 Å². The highest BCUT2D eigenvalue weighted by atomic mass is 16.5. The first-order valence-corrected chi connectivity index (χ1v) is 6.48. The summed E-state index contributed by atoms with van der Waals surface area (Å²) in [4.78, 5) is 21.7. The van der Waals surface area contributed by atoms with Crippen LogP contribution in [0.4, 0.5) is 0 Å². The van der Waals surface area contributed by atoms with Crippen LogP contribution in [0.3, 0.4) is 0 Å². The third-order valence-corrected chi connectivity index (χ3v) is 5.73. The molecule has 0 saturated heterocycles. The highest BCUT2D eigenvalue weighted by Crippen LogP contribution is 2.73. The number of rotatable bonds is 3. The quantitative estimate of drug-likeness (QED) is 0.541. The zero-order valence-electron chi connectivity index (χ0n) is 9.74. The molecular weight excluding hydrogens is 220 g/mol. The standard InChI is InChI=1S/C13H16O4/c1-5(15)17-12-7-3-8-10-6(7)2-9(12)11(10)13(8)16-4-14/h4,6-13H,2-3H2,1H3/t6-,7-,8+,9-,10-,11-,12?,13-/m0/s1. The number of hydrogen-bond donors (Lipinski definition) is 0. The van der Waals surface area contributed by atoms with Crippen molar-refractivity contribution in [1.29, 1.82) is 0 Å². The molecule has 0 aliphatic heterocycles. The van der Waals surface area contributed by atoms with Gasteiger partial charge in [-0.2, -0.15) is 0 Å². The van der Waals surface area contributed by atoms with E-state index in [0.717, 1.165) is 18.3 Å². The van der Waals surface area contributed by atoms with Crippen LogP contribution in [0.15, 0.2) is 0 Å². The molecule has 4 aliphatic carbocycles. The highest BCUT2D eigenvalue weighted by Gasteiger charge is 2.75. The fourth-order valence-electron chi connectivity index (χ4n) is 5.54. The molecule has 0 aromatic rings. The molecule has 4 saturated carbocycles. The van der Waals surface area contributed by atoms with E-state index < -0.39 is 0 Å². The predicted octanol–water partition coefficient (Wildman–Crippen LogP) is 0.991. The first-order valence-electron chi connectivity index (χ1n) is 6.48. The first kappa shape index (κ1) is 9.92. The summed E-state index contributed by atoms with van der Waals surface area (Å²) in [5, 5.41) is 0. The summed E-state index contributed by atoms with van der Waals surface area (Å²) >= 11 is 0. The zero-order chi connectivity index (χ0) is 11.7. The highest BCUT2D eigenvalue weighted by molar-refractivity contribution is 5.66. The van der Waals surface area contributed by atoms with Crippen molar-refractivity contribution in [3.05, 3.63) is 0 Å². The molecule has 92 valence electrons. The molecule has 0 radical (unpaired) electrons. The summed E-state index contributed by atoms with van der Waals surface area (Å²) < 4.78 is 10.8. The van der Waals surface area contributed by atoms with Crippen LogP contribution < -0.4 is 0 Å². The van der Waals surface area contributed by atoms with Gasteiger partial charge in [0.2, 0.25) is 0 Å². The zero-order valence-corrected chi connectivity index (χ0v) is 9.74. The summed E-state index contributed by atoms with van der Waals surface area (Å²) in [7, 11) is 0. The molecule has 0 aromatic carbocycles. The van der Waals surface area contributed by atoms with Crippen LogP contribution in [0.25, 0.3) is 0 Å². The summed E-state index contributed by atoms with van der Waals surface area (Å²) in [6.45, 7) is 2.08. The van der Waals surface area contributed by atoms with Crippen molar-refractivity contribution in [2.75, 3.05) is 0 Å². The van der Waals surface area contributed by atoms with Gasteiger partial charge >= 0.3 is 5.97 Å². The normalized spacial score (nSPS) is 56.5. The Balaban J connectivity index is 1.62. The molecule has 1 unspecified atom stereocenters. The summed E-state index contributed by atoms with van der Waals surface area (Å²) in [5.41, 5.74) is 0. The Morgan fingerprint density at radius 1 is 1.06 bits per heavy atom. The van der Waals surface area contributed by atoms with Crippen LogP contribution in [0, 0.1) is 35.5 Å². The van der Waals surface area contributed by atoms with Gasteiger partial charge in [-0.25, -0.2) is 0 Å². The lowest BCUT2D eigenvalue weighted by molar-refractivity contribution is -0.172. The van der Waals surface area contributed by atoms with Gasteiger partial charge in [0.25, 0.3) is 6.47 Å². The fraction of sp³-hybridized carbons (Fsp3) is 0.846. The Labute approximate surface area is 99.6 Å². The van der Waals surface area contributed by atoms with Crippen LogP contribution in [-0.4, -0.2) is 24.6 Å². The largest absolute Gasteiger partial charge is 0.464 e. The van der Waals surface area contributed by atoms with Gasteiger partial charge in [-0.1, -0.05) is 0 Å². The van der Waals surface area contributed by atoms with Crippen LogP contribution in [0.5, 0.6) is 0 Å². The lowest BCUT2D eigenvalue weighted by Crippen LogP contribution is -2.53. The SMILES string of the molecule is CC(=O)OC1[C@H]2C[C@H]3[C@H](OC=O)[C@@H]4[C@H]3[C@H]2C[C@H]14. The van der Waals surface area contributed by atoms with Crippen molar-refractivity contribution >= 4 is 12.4 Å². The summed E-state index contributed by atoms with van der Waals surface area (Å²) in [5.74, 6) is 3.31. The smallest absolute Gasteiger partial charge is 0.302 e. The van der Waals surface area contributed by atoms with E-state index in [2.05, 4.69) is 0 Å². The maximum atomic E-state index is 11.2. The van der Waals surface area contributed by atoms with Crippen molar-refractivity contribution in [2.24, 2.45) is 35.5 Å². The Bertz CT molecular complexity index is 393. The van der Waals surface area contributed by atoms with Crippen molar-refractivity contribution in [3.63, 3.8) is 0 Å². The minimum atomic E-state index is -0.170. The molecule has 0 aromatic heterocycles. The Morgan fingerprint density at radius 2 is 1.76 bits per heavy atom. The summed E-state index contributed by atoms with van der Waals surface area (Å²) in [6.07, 6.45) is 2.47. The molecule has 0 spiro atoms. The van der Waals surface area contributed by atoms with Gasteiger partial charge < -0.3 is 9.47 Å². The number of fused-ring (bicyclic) bond motifs is 2. The van der Waals surface area contributed by atoms with Crippen LogP contribution >= 0.6 is 0 Å². The first-order chi connectivity index (χ1) is 8.22. The van der Waals surface area contributed by atoms with E-state index >= 15 is 0 Å². The molecule has 4 fully saturated rings. The minimum absolute atomic E-state index is 0.101. The van der Waals surface area contributed by atoms with Crippen molar-refractivity contribution < 1.29 is 19.1 Å². The molecule has 0 N–H and O–H groups in total. The van der Waals surface area contributed by atoms with Crippen LogP contribution in [-0.2, 0) is 19.1 Å². The van der Waals surface area contributed by atoms with E-state index in [1.165, 1.54) is 13.3 Å². The lowest BCUT2D eigenvalue weighted by atomic mass is 9.61. The van der Waals surface area contributed by atoms with Gasteiger partial charge in [0.15, 0.2) is 0 Å². The topological polar surface area (TPSA) is 52.6 Å². The maximum Gasteiger partial charge on any atom is 0.302 e. The molecule has 2 bridgehead atoms. The van der Waals surface area contributed by atoms with E-state index in [-0.39, 0.29) is 18.2 Å². The molecule has 17 heavy (non-hydrogen) atoms. The van der Waals surface area contributed by atoms with Gasteiger partial charge in [0, 0.05) is 24.7 Å². The Kier molecular flexibility index (Phi) is 1.77. The average Bonchev–Trinajstić information content (AvgIpc) is 2.76. The Hall–Kier alpha value is -1.06. The van der Waals surface area contributed by atoms with E-state index in [0.29, 0.717) is 30.1 Å².